The van der Waals surface area contributed by atoms with Gasteiger partial charge in [-0.05, 0) is 12.8 Å². The van der Waals surface area contributed by atoms with E-state index in [1.54, 1.807) is 0 Å². The van der Waals surface area contributed by atoms with Crippen LogP contribution in [-0.4, -0.2) is 56.4 Å². The molecule has 1 aliphatic carbocycles. The molecule has 1 rings (SSSR count). The first-order valence-electron chi connectivity index (χ1n) is 6.68. The number of carbonyl (C=O) groups is 4. The molecule has 0 aromatic heterocycles. The van der Waals surface area contributed by atoms with Crippen molar-refractivity contribution in [2.24, 2.45) is 11.5 Å². The van der Waals surface area contributed by atoms with Gasteiger partial charge in [0.25, 0.3) is 23.9 Å². The molecule has 2 unspecified atom stereocenters. The molecule has 0 amide bonds. The minimum atomic E-state index is -0.833. The van der Waals surface area contributed by atoms with Crippen molar-refractivity contribution in [1.82, 2.24) is 0 Å². The maximum Gasteiger partial charge on any atom is 0.300 e. The predicted molar refractivity (Wildman–Crippen MR) is 87.6 cm³/mol. The maximum absolute atomic E-state index is 9.00. The van der Waals surface area contributed by atoms with E-state index in [0.29, 0.717) is 0 Å². The van der Waals surface area contributed by atoms with Gasteiger partial charge in [0.2, 0.25) is 0 Å². The molecule has 1 aliphatic rings. The molecule has 0 aliphatic heterocycles. The molecule has 8 N–H and O–H groups in total. The molecule has 142 valence electrons. The van der Waals surface area contributed by atoms with Gasteiger partial charge in [-0.15, -0.1) is 0 Å². The van der Waals surface area contributed by atoms with Crippen LogP contribution >= 0.6 is 0 Å². The van der Waals surface area contributed by atoms with Crippen molar-refractivity contribution in [1.29, 1.82) is 0 Å². The summed E-state index contributed by atoms with van der Waals surface area (Å²) in [7, 11) is 0. The van der Waals surface area contributed by atoms with Crippen LogP contribution < -0.4 is 11.5 Å². The highest BCUT2D eigenvalue weighted by atomic mass is 16.4. The van der Waals surface area contributed by atoms with E-state index in [4.69, 9.17) is 51.1 Å². The van der Waals surface area contributed by atoms with E-state index in [2.05, 4.69) is 12.2 Å². The maximum atomic E-state index is 9.00. The topological polar surface area (TPSA) is 201 Å². The summed E-state index contributed by atoms with van der Waals surface area (Å²) in [6.07, 6.45) is 6.07. The highest BCUT2D eigenvalue weighted by molar-refractivity contribution is 5.63. The lowest BCUT2D eigenvalue weighted by atomic mass is 9.98. The SMILES string of the molecule is CC(=O)O.CC(=O)O.CC(=O)O.CC(=O)O.NC1CC=CCC1N. The molecule has 0 saturated carbocycles. The summed E-state index contributed by atoms with van der Waals surface area (Å²) in [6, 6.07) is 0.389. The van der Waals surface area contributed by atoms with Crippen molar-refractivity contribution in [3.05, 3.63) is 12.2 Å². The second kappa shape index (κ2) is 20.5. The average Bonchev–Trinajstić information content (AvgIpc) is 2.30. The molecule has 0 aromatic carbocycles. The van der Waals surface area contributed by atoms with Crippen molar-refractivity contribution < 1.29 is 39.6 Å². The Balaban J connectivity index is -0.000000110. The molecule has 0 aromatic rings. The van der Waals surface area contributed by atoms with Crippen molar-refractivity contribution in [3.63, 3.8) is 0 Å². The molecule has 0 spiro atoms. The van der Waals surface area contributed by atoms with E-state index >= 15 is 0 Å². The van der Waals surface area contributed by atoms with Gasteiger partial charge < -0.3 is 31.9 Å². The van der Waals surface area contributed by atoms with Crippen LogP contribution in [0, 0.1) is 0 Å². The minimum absolute atomic E-state index is 0.194. The number of carboxylic acids is 4. The first-order valence-corrected chi connectivity index (χ1v) is 6.68. The fourth-order valence-electron chi connectivity index (χ4n) is 0.856. The molecule has 2 atom stereocenters. The van der Waals surface area contributed by atoms with Gasteiger partial charge in [0, 0.05) is 39.8 Å². The Labute approximate surface area is 140 Å². The van der Waals surface area contributed by atoms with Gasteiger partial charge in [0.15, 0.2) is 0 Å². The third kappa shape index (κ3) is 92.1. The van der Waals surface area contributed by atoms with Crippen LogP contribution in [0.2, 0.25) is 0 Å². The van der Waals surface area contributed by atoms with E-state index < -0.39 is 23.9 Å². The molecule has 0 saturated heterocycles. The molecular formula is C14H28N2O8. The van der Waals surface area contributed by atoms with Crippen LogP contribution in [0.25, 0.3) is 0 Å². The van der Waals surface area contributed by atoms with Crippen molar-refractivity contribution >= 4 is 23.9 Å². The summed E-state index contributed by atoms with van der Waals surface area (Å²) in [5.41, 5.74) is 11.2. The van der Waals surface area contributed by atoms with Crippen LogP contribution in [0.3, 0.4) is 0 Å². The third-order valence-electron chi connectivity index (χ3n) is 1.53. The first-order chi connectivity index (χ1) is 10.7. The first kappa shape index (κ1) is 29.5. The van der Waals surface area contributed by atoms with Gasteiger partial charge in [-0.2, -0.15) is 0 Å². The number of hydrogen-bond acceptors (Lipinski definition) is 6. The van der Waals surface area contributed by atoms with Crippen molar-refractivity contribution in [2.45, 2.75) is 52.6 Å². The fourth-order valence-corrected chi connectivity index (χ4v) is 0.856. The smallest absolute Gasteiger partial charge is 0.300 e. The quantitative estimate of drug-likeness (QED) is 0.330. The Hall–Kier alpha value is -2.46. The predicted octanol–water partition coefficient (Wildman–Crippen LogP) is 0.355. The van der Waals surface area contributed by atoms with E-state index in [0.717, 1.165) is 40.5 Å². The van der Waals surface area contributed by atoms with Crippen LogP contribution in [0.15, 0.2) is 12.2 Å². The lowest BCUT2D eigenvalue weighted by Crippen LogP contribution is -2.41. The summed E-state index contributed by atoms with van der Waals surface area (Å²) >= 11 is 0. The average molecular weight is 352 g/mol. The van der Waals surface area contributed by atoms with E-state index in [1.165, 1.54) is 0 Å². The Morgan fingerprint density at radius 1 is 0.667 bits per heavy atom. The Morgan fingerprint density at radius 3 is 0.875 bits per heavy atom. The summed E-state index contributed by atoms with van der Waals surface area (Å²) < 4.78 is 0. The zero-order valence-corrected chi connectivity index (χ0v) is 14.3. The van der Waals surface area contributed by atoms with Crippen molar-refractivity contribution in [3.8, 4) is 0 Å². The molecule has 24 heavy (non-hydrogen) atoms. The monoisotopic (exact) mass is 352 g/mol. The normalized spacial score (nSPS) is 16.8. The Bertz CT molecular complexity index is 320. The van der Waals surface area contributed by atoms with Gasteiger partial charge in [0.1, 0.15) is 0 Å². The Morgan fingerprint density at radius 2 is 0.792 bits per heavy atom. The number of carboxylic acid groups (broad SMARTS) is 4. The highest BCUT2D eigenvalue weighted by Gasteiger charge is 2.12. The zero-order chi connectivity index (χ0) is 20.3. The van der Waals surface area contributed by atoms with Crippen LogP contribution in [-0.2, 0) is 19.2 Å². The molecule has 0 heterocycles. The summed E-state index contributed by atoms with van der Waals surface area (Å²) in [6.45, 7) is 4.33. The number of nitrogens with two attached hydrogens (primary N) is 2. The molecule has 0 bridgehead atoms. The van der Waals surface area contributed by atoms with Gasteiger partial charge in [-0.3, -0.25) is 19.2 Å². The lowest BCUT2D eigenvalue weighted by molar-refractivity contribution is -0.135. The number of rotatable bonds is 0. The second-order valence-electron chi connectivity index (χ2n) is 4.35. The summed E-state index contributed by atoms with van der Waals surface area (Å²) in [5, 5.41) is 29.7. The molecule has 0 radical (unpaired) electrons. The van der Waals surface area contributed by atoms with E-state index in [1.807, 2.05) is 0 Å². The highest BCUT2D eigenvalue weighted by Crippen LogP contribution is 2.06. The zero-order valence-electron chi connectivity index (χ0n) is 14.3. The largest absolute Gasteiger partial charge is 0.481 e. The van der Waals surface area contributed by atoms with Gasteiger partial charge >= 0.3 is 0 Å². The van der Waals surface area contributed by atoms with Crippen molar-refractivity contribution in [2.75, 3.05) is 0 Å². The van der Waals surface area contributed by atoms with Crippen LogP contribution in [0.1, 0.15) is 40.5 Å². The van der Waals surface area contributed by atoms with E-state index in [-0.39, 0.29) is 12.1 Å². The fraction of sp³-hybridized carbons (Fsp3) is 0.571. The minimum Gasteiger partial charge on any atom is -0.481 e. The third-order valence-corrected chi connectivity index (χ3v) is 1.53. The van der Waals surface area contributed by atoms with Crippen LogP contribution in [0.4, 0.5) is 0 Å². The van der Waals surface area contributed by atoms with Crippen LogP contribution in [0.5, 0.6) is 0 Å². The lowest BCUT2D eigenvalue weighted by Gasteiger charge is -2.19. The number of hydrogen-bond donors (Lipinski definition) is 6. The summed E-state index contributed by atoms with van der Waals surface area (Å²) in [5.74, 6) is -3.33. The van der Waals surface area contributed by atoms with Gasteiger partial charge in [-0.25, -0.2) is 0 Å². The Kier molecular flexibility index (Phi) is 25.3. The van der Waals surface area contributed by atoms with Gasteiger partial charge in [0.05, 0.1) is 0 Å². The molecular weight excluding hydrogens is 324 g/mol. The summed E-state index contributed by atoms with van der Waals surface area (Å²) in [4.78, 5) is 36.0. The standard InChI is InChI=1S/C6H12N2.4C2H4O2/c7-5-3-1-2-4-6(5)8;4*1-2(3)4/h1-2,5-6H,3-4,7-8H2;4*1H3,(H,3,4). The number of aliphatic carboxylic acids is 4. The molecule has 10 nitrogen and oxygen atoms in total. The van der Waals surface area contributed by atoms with Gasteiger partial charge in [-0.1, -0.05) is 12.2 Å². The second-order valence-corrected chi connectivity index (χ2v) is 4.35. The molecule has 10 heteroatoms. The molecule has 0 fully saturated rings. The van der Waals surface area contributed by atoms with E-state index in [9.17, 15) is 0 Å².